The van der Waals surface area contributed by atoms with Gasteiger partial charge in [-0.1, -0.05) is 30.3 Å². The van der Waals surface area contributed by atoms with Crippen molar-refractivity contribution >= 4 is 18.1 Å². The summed E-state index contributed by atoms with van der Waals surface area (Å²) in [4.78, 5) is 0. The Bertz CT molecular complexity index is 557. The molecule has 0 saturated heterocycles. The number of hydrogen-bond donors (Lipinski definition) is 1. The molecule has 2 nitrogen and oxygen atoms in total. The highest BCUT2D eigenvalue weighted by Crippen LogP contribution is 2.32. The maximum Gasteiger partial charge on any atom is 0.0410 e. The smallest absolute Gasteiger partial charge is 0.0410 e. The lowest BCUT2D eigenvalue weighted by atomic mass is 9.82. The van der Waals surface area contributed by atoms with Crippen molar-refractivity contribution in [3.63, 3.8) is 0 Å². The van der Waals surface area contributed by atoms with Gasteiger partial charge >= 0.3 is 0 Å². The zero-order valence-electron chi connectivity index (χ0n) is 10.4. The quantitative estimate of drug-likeness (QED) is 0.813. The number of nitrogens with zero attached hydrogens (tertiary/aromatic N) is 1. The van der Waals surface area contributed by atoms with Gasteiger partial charge in [-0.2, -0.15) is 0 Å². The molecular formula is C15H17ClN2. The van der Waals surface area contributed by atoms with Gasteiger partial charge in [0.15, 0.2) is 0 Å². The Morgan fingerprint density at radius 1 is 1.11 bits per heavy atom. The van der Waals surface area contributed by atoms with Gasteiger partial charge in [0.2, 0.25) is 0 Å². The summed E-state index contributed by atoms with van der Waals surface area (Å²) in [5.74, 6) is 0.463. The third-order valence-corrected chi connectivity index (χ3v) is 3.69. The molecule has 0 radical (unpaired) electrons. The van der Waals surface area contributed by atoms with Crippen LogP contribution in [0.3, 0.4) is 0 Å². The van der Waals surface area contributed by atoms with E-state index < -0.39 is 0 Å². The zero-order valence-corrected chi connectivity index (χ0v) is 11.2. The Balaban J connectivity index is 0.00000120. The van der Waals surface area contributed by atoms with E-state index in [2.05, 4.69) is 48.1 Å². The van der Waals surface area contributed by atoms with Crippen LogP contribution in [-0.4, -0.2) is 10.3 Å². The van der Waals surface area contributed by atoms with Crippen molar-refractivity contribution in [2.24, 2.45) is 7.05 Å². The molecule has 18 heavy (non-hydrogen) atoms. The number of benzene rings is 1. The highest BCUT2D eigenvalue weighted by Gasteiger charge is 2.25. The first-order valence-corrected chi connectivity index (χ1v) is 6.02. The van der Waals surface area contributed by atoms with Crippen molar-refractivity contribution in [2.45, 2.75) is 18.8 Å². The lowest BCUT2D eigenvalue weighted by Crippen LogP contribution is -2.19. The molecule has 0 fully saturated rings. The third kappa shape index (κ3) is 2.08. The molecule has 1 unspecified atom stereocenters. The molecule has 94 valence electrons. The summed E-state index contributed by atoms with van der Waals surface area (Å²) >= 11 is 0. The second-order valence-electron chi connectivity index (χ2n) is 4.78. The molecule has 0 amide bonds. The van der Waals surface area contributed by atoms with Gasteiger partial charge in [0, 0.05) is 30.2 Å². The van der Waals surface area contributed by atoms with Crippen molar-refractivity contribution in [1.82, 2.24) is 4.57 Å². The predicted molar refractivity (Wildman–Crippen MR) is 77.0 cm³/mol. The minimum atomic E-state index is 0. The predicted octanol–water partition coefficient (Wildman–Crippen LogP) is 3.54. The molecule has 0 aliphatic heterocycles. The number of aromatic nitrogens is 1. The van der Waals surface area contributed by atoms with Crippen molar-refractivity contribution < 1.29 is 0 Å². The summed E-state index contributed by atoms with van der Waals surface area (Å²) in [5, 5.41) is 8.15. The fourth-order valence-corrected chi connectivity index (χ4v) is 2.71. The SMILES string of the molecule is Cl.Cn1ccc2c1CC(c1ccccc1)CC2=N. The third-order valence-electron chi connectivity index (χ3n) is 3.69. The molecule has 0 bridgehead atoms. The number of hydrogen-bond acceptors (Lipinski definition) is 1. The van der Waals surface area contributed by atoms with Crippen LogP contribution in [0.2, 0.25) is 0 Å². The normalized spacial score (nSPS) is 18.1. The van der Waals surface area contributed by atoms with Gasteiger partial charge in [-0.05, 0) is 30.4 Å². The zero-order chi connectivity index (χ0) is 11.8. The summed E-state index contributed by atoms with van der Waals surface area (Å²) in [6, 6.07) is 12.6. The van der Waals surface area contributed by atoms with E-state index in [-0.39, 0.29) is 12.4 Å². The highest BCUT2D eigenvalue weighted by molar-refractivity contribution is 6.00. The van der Waals surface area contributed by atoms with Crippen LogP contribution in [0.1, 0.15) is 29.2 Å². The van der Waals surface area contributed by atoms with Crippen LogP contribution in [0.4, 0.5) is 0 Å². The summed E-state index contributed by atoms with van der Waals surface area (Å²) in [7, 11) is 2.07. The van der Waals surface area contributed by atoms with Gasteiger partial charge < -0.3 is 9.98 Å². The molecule has 1 aromatic carbocycles. The van der Waals surface area contributed by atoms with E-state index in [4.69, 9.17) is 5.41 Å². The van der Waals surface area contributed by atoms with E-state index >= 15 is 0 Å². The average Bonchev–Trinajstić information content (AvgIpc) is 2.73. The fourth-order valence-electron chi connectivity index (χ4n) is 2.71. The van der Waals surface area contributed by atoms with Crippen LogP contribution in [-0.2, 0) is 13.5 Å². The molecule has 0 saturated carbocycles. The van der Waals surface area contributed by atoms with E-state index in [9.17, 15) is 0 Å². The van der Waals surface area contributed by atoms with Gasteiger partial charge in [-0.3, -0.25) is 0 Å². The first kappa shape index (κ1) is 12.9. The first-order chi connectivity index (χ1) is 8.25. The summed E-state index contributed by atoms with van der Waals surface area (Å²) in [6.07, 6.45) is 3.97. The van der Waals surface area contributed by atoms with Gasteiger partial charge in [-0.25, -0.2) is 0 Å². The van der Waals surface area contributed by atoms with Crippen molar-refractivity contribution in [3.05, 3.63) is 59.4 Å². The van der Waals surface area contributed by atoms with Crippen molar-refractivity contribution in [2.75, 3.05) is 0 Å². The molecule has 1 aliphatic rings. The number of nitrogens with one attached hydrogen (secondary N) is 1. The Kier molecular flexibility index (Phi) is 3.58. The lowest BCUT2D eigenvalue weighted by Gasteiger charge is -2.24. The maximum absolute atomic E-state index is 8.15. The fraction of sp³-hybridized carbons (Fsp3) is 0.267. The molecule has 3 heteroatoms. The summed E-state index contributed by atoms with van der Waals surface area (Å²) < 4.78 is 2.15. The van der Waals surface area contributed by atoms with Gasteiger partial charge in [-0.15, -0.1) is 12.4 Å². The molecule has 0 spiro atoms. The Morgan fingerprint density at radius 2 is 1.83 bits per heavy atom. The van der Waals surface area contributed by atoms with Crippen molar-refractivity contribution in [1.29, 1.82) is 5.41 Å². The first-order valence-electron chi connectivity index (χ1n) is 6.02. The number of fused-ring (bicyclic) bond motifs is 1. The van der Waals surface area contributed by atoms with Crippen LogP contribution in [0.25, 0.3) is 0 Å². The Labute approximate surface area is 114 Å². The second-order valence-corrected chi connectivity index (χ2v) is 4.78. The van der Waals surface area contributed by atoms with Crippen molar-refractivity contribution in [3.8, 4) is 0 Å². The Hall–Kier alpha value is -1.54. The summed E-state index contributed by atoms with van der Waals surface area (Å²) in [5.41, 5.74) is 4.57. The standard InChI is InChI=1S/C15H16N2.ClH/c1-17-8-7-13-14(16)9-12(10-15(13)17)11-5-3-2-4-6-11;/h2-8,12,16H,9-10H2,1H3;1H. The molecular weight excluding hydrogens is 244 g/mol. The topological polar surface area (TPSA) is 28.8 Å². The molecule has 1 heterocycles. The average molecular weight is 261 g/mol. The van der Waals surface area contributed by atoms with Crippen LogP contribution < -0.4 is 0 Å². The van der Waals surface area contributed by atoms with Gasteiger partial charge in [0.05, 0.1) is 0 Å². The minimum absolute atomic E-state index is 0. The van der Waals surface area contributed by atoms with Crippen LogP contribution in [0.5, 0.6) is 0 Å². The second kappa shape index (κ2) is 4.99. The number of halogens is 1. The maximum atomic E-state index is 8.15. The van der Waals surface area contributed by atoms with Crippen LogP contribution in [0.15, 0.2) is 42.6 Å². The van der Waals surface area contributed by atoms with E-state index in [1.54, 1.807) is 0 Å². The molecule has 1 atom stereocenters. The monoisotopic (exact) mass is 260 g/mol. The van der Waals surface area contributed by atoms with E-state index in [1.807, 2.05) is 6.07 Å². The highest BCUT2D eigenvalue weighted by atomic mass is 35.5. The van der Waals surface area contributed by atoms with E-state index in [1.165, 1.54) is 11.3 Å². The molecule has 3 rings (SSSR count). The minimum Gasteiger partial charge on any atom is -0.354 e. The number of rotatable bonds is 1. The van der Waals surface area contributed by atoms with E-state index in [0.717, 1.165) is 24.1 Å². The summed E-state index contributed by atoms with van der Waals surface area (Å²) in [6.45, 7) is 0. The molecule has 2 aromatic rings. The van der Waals surface area contributed by atoms with Gasteiger partial charge in [0.25, 0.3) is 0 Å². The Morgan fingerprint density at radius 3 is 2.56 bits per heavy atom. The lowest BCUT2D eigenvalue weighted by molar-refractivity contribution is 0.654. The van der Waals surface area contributed by atoms with Crippen LogP contribution in [0, 0.1) is 5.41 Å². The molecule has 1 aliphatic carbocycles. The number of aryl methyl sites for hydroxylation is 1. The molecule has 1 N–H and O–H groups in total. The largest absolute Gasteiger partial charge is 0.354 e. The van der Waals surface area contributed by atoms with E-state index in [0.29, 0.717) is 5.92 Å². The molecule has 1 aromatic heterocycles. The van der Waals surface area contributed by atoms with Crippen LogP contribution >= 0.6 is 12.4 Å². The van der Waals surface area contributed by atoms with Gasteiger partial charge in [0.1, 0.15) is 0 Å².